The number of nitrogens with zero attached hydrogens (tertiary/aromatic N) is 3. The SMILES string of the molecule is CC1C(N)CCCN1c1n[nH]c(-c2ccc(F)cc2O)n1. The Labute approximate surface area is 121 Å². The molecule has 0 spiro atoms. The van der Waals surface area contributed by atoms with Crippen LogP contribution in [0.25, 0.3) is 11.4 Å². The summed E-state index contributed by atoms with van der Waals surface area (Å²) in [5.74, 6) is 0.304. The summed E-state index contributed by atoms with van der Waals surface area (Å²) in [7, 11) is 0. The van der Waals surface area contributed by atoms with Crippen molar-refractivity contribution in [3.63, 3.8) is 0 Å². The molecule has 0 saturated carbocycles. The molecular formula is C14H18FN5O. The van der Waals surface area contributed by atoms with E-state index in [1.54, 1.807) is 0 Å². The van der Waals surface area contributed by atoms with E-state index in [0.29, 0.717) is 17.3 Å². The summed E-state index contributed by atoms with van der Waals surface area (Å²) < 4.78 is 13.0. The summed E-state index contributed by atoms with van der Waals surface area (Å²) in [6.07, 6.45) is 1.99. The van der Waals surface area contributed by atoms with E-state index in [9.17, 15) is 9.50 Å². The van der Waals surface area contributed by atoms with Crippen molar-refractivity contribution >= 4 is 5.95 Å². The van der Waals surface area contributed by atoms with Crippen molar-refractivity contribution in [3.05, 3.63) is 24.0 Å². The van der Waals surface area contributed by atoms with Crippen LogP contribution in [0.2, 0.25) is 0 Å². The highest BCUT2D eigenvalue weighted by molar-refractivity contribution is 5.64. The molecule has 0 bridgehead atoms. The first kappa shape index (κ1) is 13.8. The topological polar surface area (TPSA) is 91.1 Å². The molecule has 0 amide bonds. The van der Waals surface area contributed by atoms with E-state index >= 15 is 0 Å². The number of halogens is 1. The molecule has 1 saturated heterocycles. The lowest BCUT2D eigenvalue weighted by molar-refractivity contribution is 0.416. The lowest BCUT2D eigenvalue weighted by Gasteiger charge is -2.36. The van der Waals surface area contributed by atoms with E-state index in [2.05, 4.69) is 27.0 Å². The second-order valence-corrected chi connectivity index (χ2v) is 5.39. The molecule has 1 aliphatic heterocycles. The van der Waals surface area contributed by atoms with E-state index in [1.807, 2.05) is 0 Å². The van der Waals surface area contributed by atoms with Crippen LogP contribution in [0.5, 0.6) is 5.75 Å². The van der Waals surface area contributed by atoms with Gasteiger partial charge < -0.3 is 15.7 Å². The van der Waals surface area contributed by atoms with Gasteiger partial charge in [-0.05, 0) is 31.9 Å². The second kappa shape index (κ2) is 5.33. The largest absolute Gasteiger partial charge is 0.507 e. The van der Waals surface area contributed by atoms with Gasteiger partial charge >= 0.3 is 0 Å². The van der Waals surface area contributed by atoms with Crippen LogP contribution in [0.4, 0.5) is 10.3 Å². The normalized spacial score (nSPS) is 22.5. The molecule has 0 radical (unpaired) electrons. The summed E-state index contributed by atoms with van der Waals surface area (Å²) in [5, 5.41) is 16.8. The number of aromatic amines is 1. The first-order valence-electron chi connectivity index (χ1n) is 7.00. The highest BCUT2D eigenvalue weighted by atomic mass is 19.1. The Bertz CT molecular complexity index is 644. The van der Waals surface area contributed by atoms with Crippen LogP contribution in [-0.2, 0) is 0 Å². The van der Waals surface area contributed by atoms with Crippen LogP contribution in [0.15, 0.2) is 18.2 Å². The van der Waals surface area contributed by atoms with Gasteiger partial charge in [0.25, 0.3) is 0 Å². The summed E-state index contributed by atoms with van der Waals surface area (Å²) in [6, 6.07) is 4.05. The zero-order chi connectivity index (χ0) is 15.0. The first-order chi connectivity index (χ1) is 10.1. The molecule has 2 heterocycles. The van der Waals surface area contributed by atoms with E-state index in [0.717, 1.165) is 25.5 Å². The van der Waals surface area contributed by atoms with Gasteiger partial charge in [-0.1, -0.05) is 0 Å². The number of nitrogens with two attached hydrogens (primary N) is 1. The molecule has 3 rings (SSSR count). The molecule has 1 fully saturated rings. The van der Waals surface area contributed by atoms with Gasteiger partial charge in [-0.25, -0.2) is 4.39 Å². The molecule has 1 aromatic heterocycles. The molecule has 7 heteroatoms. The van der Waals surface area contributed by atoms with Gasteiger partial charge in [0.2, 0.25) is 5.95 Å². The molecule has 2 aromatic rings. The Kier molecular flexibility index (Phi) is 3.50. The van der Waals surface area contributed by atoms with E-state index in [4.69, 9.17) is 5.73 Å². The van der Waals surface area contributed by atoms with Crippen molar-refractivity contribution in [2.24, 2.45) is 5.73 Å². The molecule has 2 unspecified atom stereocenters. The number of anilines is 1. The summed E-state index contributed by atoms with van der Waals surface area (Å²) in [5.41, 5.74) is 6.50. The average molecular weight is 291 g/mol. The Morgan fingerprint density at radius 2 is 2.29 bits per heavy atom. The molecule has 112 valence electrons. The molecule has 1 aliphatic rings. The highest BCUT2D eigenvalue weighted by Crippen LogP contribution is 2.29. The van der Waals surface area contributed by atoms with Crippen LogP contribution >= 0.6 is 0 Å². The Balaban J connectivity index is 1.89. The summed E-state index contributed by atoms with van der Waals surface area (Å²) in [4.78, 5) is 6.45. The third-order valence-corrected chi connectivity index (χ3v) is 3.99. The van der Waals surface area contributed by atoms with Crippen LogP contribution in [0.3, 0.4) is 0 Å². The van der Waals surface area contributed by atoms with Gasteiger partial charge in [0.1, 0.15) is 11.6 Å². The number of nitrogens with one attached hydrogen (secondary N) is 1. The van der Waals surface area contributed by atoms with Crippen molar-refractivity contribution in [3.8, 4) is 17.1 Å². The van der Waals surface area contributed by atoms with E-state index < -0.39 is 5.82 Å². The summed E-state index contributed by atoms with van der Waals surface area (Å²) >= 11 is 0. The maximum absolute atomic E-state index is 13.0. The highest BCUT2D eigenvalue weighted by Gasteiger charge is 2.28. The maximum Gasteiger partial charge on any atom is 0.245 e. The fourth-order valence-corrected chi connectivity index (χ4v) is 2.66. The van der Waals surface area contributed by atoms with Crippen molar-refractivity contribution in [1.82, 2.24) is 15.2 Å². The molecular weight excluding hydrogens is 273 g/mol. The standard InChI is InChI=1S/C14H18FN5O/c1-8-11(16)3-2-6-20(8)14-17-13(18-19-14)10-5-4-9(15)7-12(10)21/h4-5,7-8,11,21H,2-3,6,16H2,1H3,(H,17,18,19). The van der Waals surface area contributed by atoms with Crippen molar-refractivity contribution < 1.29 is 9.50 Å². The quantitative estimate of drug-likeness (QED) is 0.782. The van der Waals surface area contributed by atoms with E-state index in [1.165, 1.54) is 12.1 Å². The molecule has 4 N–H and O–H groups in total. The van der Waals surface area contributed by atoms with Crippen LogP contribution < -0.4 is 10.6 Å². The fraction of sp³-hybridized carbons (Fsp3) is 0.429. The third-order valence-electron chi connectivity index (χ3n) is 3.99. The maximum atomic E-state index is 13.0. The van der Waals surface area contributed by atoms with Crippen molar-refractivity contribution in [2.75, 3.05) is 11.4 Å². The van der Waals surface area contributed by atoms with Crippen LogP contribution in [-0.4, -0.2) is 38.9 Å². The number of H-pyrrole nitrogens is 1. The number of aromatic hydroxyl groups is 1. The Hall–Kier alpha value is -2.15. The smallest absolute Gasteiger partial charge is 0.245 e. The predicted molar refractivity (Wildman–Crippen MR) is 77.5 cm³/mol. The monoisotopic (exact) mass is 291 g/mol. The minimum Gasteiger partial charge on any atom is -0.507 e. The van der Waals surface area contributed by atoms with Crippen LogP contribution in [0, 0.1) is 5.82 Å². The molecule has 2 atom stereocenters. The van der Waals surface area contributed by atoms with Gasteiger partial charge in [0.15, 0.2) is 5.82 Å². The molecule has 1 aromatic carbocycles. The van der Waals surface area contributed by atoms with Crippen molar-refractivity contribution in [1.29, 1.82) is 0 Å². The number of piperidine rings is 1. The fourth-order valence-electron chi connectivity index (χ4n) is 2.66. The number of aromatic nitrogens is 3. The number of phenols is 1. The van der Waals surface area contributed by atoms with Gasteiger partial charge in [0, 0.05) is 24.7 Å². The zero-order valence-electron chi connectivity index (χ0n) is 11.8. The minimum atomic E-state index is -0.494. The van der Waals surface area contributed by atoms with Crippen molar-refractivity contribution in [2.45, 2.75) is 31.8 Å². The lowest BCUT2D eigenvalue weighted by Crippen LogP contribution is -2.50. The van der Waals surface area contributed by atoms with E-state index in [-0.39, 0.29) is 17.8 Å². The van der Waals surface area contributed by atoms with Crippen LogP contribution in [0.1, 0.15) is 19.8 Å². The van der Waals surface area contributed by atoms with Gasteiger partial charge in [0.05, 0.1) is 5.56 Å². The predicted octanol–water partition coefficient (Wildman–Crippen LogP) is 1.63. The number of hydrogen-bond donors (Lipinski definition) is 3. The van der Waals surface area contributed by atoms with Gasteiger partial charge in [-0.3, -0.25) is 5.10 Å². The average Bonchev–Trinajstić information content (AvgIpc) is 2.91. The second-order valence-electron chi connectivity index (χ2n) is 5.39. The number of hydrogen-bond acceptors (Lipinski definition) is 5. The molecule has 0 aliphatic carbocycles. The lowest BCUT2D eigenvalue weighted by atomic mass is 9.99. The Morgan fingerprint density at radius 3 is 3.05 bits per heavy atom. The van der Waals surface area contributed by atoms with Gasteiger partial charge in [-0.2, -0.15) is 4.98 Å². The number of benzene rings is 1. The molecule has 21 heavy (non-hydrogen) atoms. The summed E-state index contributed by atoms with van der Waals surface area (Å²) in [6.45, 7) is 2.90. The first-order valence-corrected chi connectivity index (χ1v) is 7.00. The van der Waals surface area contributed by atoms with Gasteiger partial charge in [-0.15, -0.1) is 5.10 Å². The number of rotatable bonds is 2. The zero-order valence-corrected chi connectivity index (χ0v) is 11.8. The minimum absolute atomic E-state index is 0.0972. The Morgan fingerprint density at radius 1 is 1.48 bits per heavy atom. The number of phenolic OH excluding ortho intramolecular Hbond substituents is 1. The molecule has 6 nitrogen and oxygen atoms in total. The third kappa shape index (κ3) is 2.56.